The molecule has 0 amide bonds. The third-order valence-electron chi connectivity index (χ3n) is 3.56. The molecule has 0 aromatic heterocycles. The van der Waals surface area contributed by atoms with E-state index < -0.39 is 0 Å². The lowest BCUT2D eigenvalue weighted by atomic mass is 9.82. The first-order valence-corrected chi connectivity index (χ1v) is 6.71. The number of hydrogen-bond donors (Lipinski definition) is 1. The minimum absolute atomic E-state index is 0.366. The lowest BCUT2D eigenvalue weighted by molar-refractivity contribution is 0.185. The maximum absolute atomic E-state index is 5.15. The SMILES string of the molecule is COCc1cccc(CNCC(C)C(C)(C)C)c1. The summed E-state index contributed by atoms with van der Waals surface area (Å²) in [5.74, 6) is 0.666. The average Bonchev–Trinajstić information content (AvgIpc) is 2.28. The summed E-state index contributed by atoms with van der Waals surface area (Å²) >= 11 is 0. The van der Waals surface area contributed by atoms with Crippen LogP contribution in [0.15, 0.2) is 24.3 Å². The fraction of sp³-hybridized carbons (Fsp3) is 0.625. The normalized spacial score (nSPS) is 13.6. The summed E-state index contributed by atoms with van der Waals surface area (Å²) in [4.78, 5) is 0. The first-order valence-electron chi connectivity index (χ1n) is 6.71. The molecule has 0 radical (unpaired) electrons. The molecule has 0 aliphatic rings. The Balaban J connectivity index is 2.42. The molecule has 1 unspecified atom stereocenters. The van der Waals surface area contributed by atoms with Gasteiger partial charge in [0.1, 0.15) is 0 Å². The quantitative estimate of drug-likeness (QED) is 0.831. The largest absolute Gasteiger partial charge is 0.380 e. The highest BCUT2D eigenvalue weighted by Gasteiger charge is 2.18. The number of rotatable bonds is 6. The number of ether oxygens (including phenoxy) is 1. The fourth-order valence-electron chi connectivity index (χ4n) is 1.74. The summed E-state index contributed by atoms with van der Waals surface area (Å²) in [5.41, 5.74) is 2.93. The molecule has 0 heterocycles. The molecule has 1 N–H and O–H groups in total. The Labute approximate surface area is 112 Å². The summed E-state index contributed by atoms with van der Waals surface area (Å²) in [6.45, 7) is 11.8. The number of nitrogens with one attached hydrogen (secondary N) is 1. The van der Waals surface area contributed by atoms with Gasteiger partial charge in [-0.2, -0.15) is 0 Å². The minimum atomic E-state index is 0.366. The van der Waals surface area contributed by atoms with Crippen LogP contribution in [0.1, 0.15) is 38.8 Å². The van der Waals surface area contributed by atoms with E-state index in [0.29, 0.717) is 17.9 Å². The molecule has 0 spiro atoms. The van der Waals surface area contributed by atoms with Gasteiger partial charge in [0.25, 0.3) is 0 Å². The molecule has 1 aromatic carbocycles. The van der Waals surface area contributed by atoms with Crippen LogP contribution in [0.3, 0.4) is 0 Å². The van der Waals surface area contributed by atoms with Crippen LogP contribution >= 0.6 is 0 Å². The van der Waals surface area contributed by atoms with Gasteiger partial charge in [0.05, 0.1) is 6.61 Å². The third-order valence-corrected chi connectivity index (χ3v) is 3.56. The Morgan fingerprint density at radius 3 is 2.50 bits per heavy atom. The van der Waals surface area contributed by atoms with Crippen molar-refractivity contribution >= 4 is 0 Å². The van der Waals surface area contributed by atoms with E-state index in [1.807, 2.05) is 0 Å². The standard InChI is InChI=1S/C16H27NO/c1-13(16(2,3)4)10-17-11-14-7-6-8-15(9-14)12-18-5/h6-9,13,17H,10-12H2,1-5H3. The van der Waals surface area contributed by atoms with Crippen LogP contribution in [-0.4, -0.2) is 13.7 Å². The molecule has 102 valence electrons. The van der Waals surface area contributed by atoms with E-state index in [4.69, 9.17) is 4.74 Å². The van der Waals surface area contributed by atoms with Crippen LogP contribution in [-0.2, 0) is 17.9 Å². The predicted molar refractivity (Wildman–Crippen MR) is 77.5 cm³/mol. The van der Waals surface area contributed by atoms with Gasteiger partial charge in [-0.15, -0.1) is 0 Å². The van der Waals surface area contributed by atoms with E-state index in [1.54, 1.807) is 7.11 Å². The molecule has 0 saturated carbocycles. The molecular formula is C16H27NO. The highest BCUT2D eigenvalue weighted by molar-refractivity contribution is 5.22. The first kappa shape index (κ1) is 15.2. The summed E-state index contributed by atoms with van der Waals surface area (Å²) in [5, 5.41) is 3.54. The van der Waals surface area contributed by atoms with Crippen LogP contribution < -0.4 is 5.32 Å². The van der Waals surface area contributed by atoms with Crippen LogP contribution in [0.2, 0.25) is 0 Å². The van der Waals surface area contributed by atoms with Gasteiger partial charge in [-0.25, -0.2) is 0 Å². The molecule has 2 nitrogen and oxygen atoms in total. The average molecular weight is 249 g/mol. The van der Waals surface area contributed by atoms with Gasteiger partial charge in [-0.3, -0.25) is 0 Å². The van der Waals surface area contributed by atoms with Gasteiger partial charge in [0, 0.05) is 13.7 Å². The monoisotopic (exact) mass is 249 g/mol. The van der Waals surface area contributed by atoms with Crippen molar-refractivity contribution in [1.29, 1.82) is 0 Å². The minimum Gasteiger partial charge on any atom is -0.380 e. The zero-order chi connectivity index (χ0) is 13.6. The summed E-state index contributed by atoms with van der Waals surface area (Å²) in [6, 6.07) is 8.56. The number of benzene rings is 1. The van der Waals surface area contributed by atoms with Crippen molar-refractivity contribution in [1.82, 2.24) is 5.32 Å². The Morgan fingerprint density at radius 1 is 1.22 bits per heavy atom. The summed E-state index contributed by atoms with van der Waals surface area (Å²) in [7, 11) is 1.73. The molecule has 18 heavy (non-hydrogen) atoms. The maximum atomic E-state index is 5.15. The van der Waals surface area contributed by atoms with Gasteiger partial charge in [0.2, 0.25) is 0 Å². The highest BCUT2D eigenvalue weighted by Crippen LogP contribution is 2.24. The summed E-state index contributed by atoms with van der Waals surface area (Å²) < 4.78 is 5.15. The van der Waals surface area contributed by atoms with Crippen molar-refractivity contribution in [2.45, 2.75) is 40.8 Å². The van der Waals surface area contributed by atoms with Crippen molar-refractivity contribution < 1.29 is 4.74 Å². The topological polar surface area (TPSA) is 21.3 Å². The molecular weight excluding hydrogens is 222 g/mol. The van der Waals surface area contributed by atoms with Crippen molar-refractivity contribution in [2.75, 3.05) is 13.7 Å². The molecule has 2 heteroatoms. The Kier molecular flexibility index (Phi) is 5.83. The zero-order valence-electron chi connectivity index (χ0n) is 12.4. The van der Waals surface area contributed by atoms with E-state index >= 15 is 0 Å². The van der Waals surface area contributed by atoms with Gasteiger partial charge in [0.15, 0.2) is 0 Å². The Bertz CT molecular complexity index is 354. The van der Waals surface area contributed by atoms with Crippen molar-refractivity contribution in [2.24, 2.45) is 11.3 Å². The van der Waals surface area contributed by atoms with Gasteiger partial charge in [-0.05, 0) is 29.0 Å². The van der Waals surface area contributed by atoms with Crippen LogP contribution in [0, 0.1) is 11.3 Å². The molecule has 1 rings (SSSR count). The smallest absolute Gasteiger partial charge is 0.0713 e. The maximum Gasteiger partial charge on any atom is 0.0713 e. The second-order valence-electron chi connectivity index (χ2n) is 6.15. The molecule has 0 saturated heterocycles. The van der Waals surface area contributed by atoms with Crippen LogP contribution in [0.25, 0.3) is 0 Å². The van der Waals surface area contributed by atoms with E-state index in [0.717, 1.165) is 13.1 Å². The van der Waals surface area contributed by atoms with Gasteiger partial charge < -0.3 is 10.1 Å². The molecule has 1 aromatic rings. The molecule has 1 atom stereocenters. The van der Waals surface area contributed by atoms with Crippen molar-refractivity contribution in [3.8, 4) is 0 Å². The molecule has 0 fully saturated rings. The van der Waals surface area contributed by atoms with Crippen molar-refractivity contribution in [3.63, 3.8) is 0 Å². The Hall–Kier alpha value is -0.860. The predicted octanol–water partition coefficient (Wildman–Crippen LogP) is 3.60. The highest BCUT2D eigenvalue weighted by atomic mass is 16.5. The molecule has 0 bridgehead atoms. The van der Waals surface area contributed by atoms with Crippen LogP contribution in [0.5, 0.6) is 0 Å². The lowest BCUT2D eigenvalue weighted by Gasteiger charge is -2.27. The van der Waals surface area contributed by atoms with E-state index in [-0.39, 0.29) is 0 Å². The Morgan fingerprint density at radius 2 is 1.89 bits per heavy atom. The number of methoxy groups -OCH3 is 1. The van der Waals surface area contributed by atoms with Gasteiger partial charge >= 0.3 is 0 Å². The summed E-state index contributed by atoms with van der Waals surface area (Å²) in [6.07, 6.45) is 0. The van der Waals surface area contributed by atoms with Crippen LogP contribution in [0.4, 0.5) is 0 Å². The number of hydrogen-bond acceptors (Lipinski definition) is 2. The molecule has 0 aliphatic heterocycles. The van der Waals surface area contributed by atoms with Gasteiger partial charge in [-0.1, -0.05) is 52.0 Å². The molecule has 0 aliphatic carbocycles. The second-order valence-corrected chi connectivity index (χ2v) is 6.15. The fourth-order valence-corrected chi connectivity index (χ4v) is 1.74. The first-order chi connectivity index (χ1) is 8.43. The van der Waals surface area contributed by atoms with E-state index in [2.05, 4.69) is 57.3 Å². The third kappa shape index (κ3) is 5.19. The van der Waals surface area contributed by atoms with Crippen molar-refractivity contribution in [3.05, 3.63) is 35.4 Å². The zero-order valence-corrected chi connectivity index (χ0v) is 12.4. The second kappa shape index (κ2) is 6.91. The lowest BCUT2D eigenvalue weighted by Crippen LogP contribution is -2.29. The van der Waals surface area contributed by atoms with E-state index in [1.165, 1.54) is 11.1 Å². The van der Waals surface area contributed by atoms with E-state index in [9.17, 15) is 0 Å².